The van der Waals surface area contributed by atoms with Gasteiger partial charge in [-0.05, 0) is 0 Å². The second-order valence-electron chi connectivity index (χ2n) is 1.000. The largest absolute Gasteiger partial charge is 0.375 e. The van der Waals surface area contributed by atoms with Crippen LogP contribution in [0.3, 0.4) is 0 Å². The molecule has 0 amide bonds. The van der Waals surface area contributed by atoms with Gasteiger partial charge in [0, 0.05) is 0 Å². The maximum absolute atomic E-state index is 10.1. The summed E-state index contributed by atoms with van der Waals surface area (Å²) in [6.45, 7) is 0. The summed E-state index contributed by atoms with van der Waals surface area (Å²) in [6, 6.07) is 0. The molecule has 4 heteroatoms. The minimum absolute atomic E-state index is 0.0833. The Morgan fingerprint density at radius 3 is 2.71 bits per heavy atom. The van der Waals surface area contributed by atoms with E-state index in [0.717, 1.165) is 0 Å². The van der Waals surface area contributed by atoms with Gasteiger partial charge in [-0.1, -0.05) is 11.6 Å². The van der Waals surface area contributed by atoms with Crippen LogP contribution in [0.25, 0.3) is 0 Å². The second-order valence-corrected chi connectivity index (χ2v) is 1.41. The maximum Gasteiger partial charge on any atom is 0.375 e. The summed E-state index contributed by atoms with van der Waals surface area (Å²) in [5, 5.41) is 2.26. The van der Waals surface area contributed by atoms with Crippen molar-refractivity contribution in [3.8, 4) is 0 Å². The normalized spacial score (nSPS) is 9.29. The quantitative estimate of drug-likeness (QED) is 0.544. The fourth-order valence-electron chi connectivity index (χ4n) is 0.242. The van der Waals surface area contributed by atoms with E-state index >= 15 is 0 Å². The molecule has 0 fully saturated rings. The molecule has 0 spiro atoms. The molecule has 0 saturated carbocycles. The first-order valence-corrected chi connectivity index (χ1v) is 2.01. The summed E-state index contributed by atoms with van der Waals surface area (Å²) in [6.07, 6.45) is 1.28. The summed E-state index contributed by atoms with van der Waals surface area (Å²) in [5.41, 5.74) is -0.526. The molecule has 38 valence electrons. The van der Waals surface area contributed by atoms with Crippen molar-refractivity contribution in [3.05, 3.63) is 21.6 Å². The topological polar surface area (TPSA) is 46.0 Å². The van der Waals surface area contributed by atoms with Crippen LogP contribution in [0.5, 0.6) is 0 Å². The minimum Gasteiger partial charge on any atom is -0.337 e. The molecule has 1 aromatic heterocycles. The van der Waals surface area contributed by atoms with E-state index < -0.39 is 5.63 Å². The van der Waals surface area contributed by atoms with E-state index in [2.05, 4.69) is 9.68 Å². The number of hydrogen-bond donors (Lipinski definition) is 1. The van der Waals surface area contributed by atoms with Crippen molar-refractivity contribution in [2.45, 2.75) is 0 Å². The van der Waals surface area contributed by atoms with Crippen molar-refractivity contribution < 1.29 is 4.52 Å². The van der Waals surface area contributed by atoms with Crippen molar-refractivity contribution in [1.29, 1.82) is 0 Å². The van der Waals surface area contributed by atoms with Crippen molar-refractivity contribution in [1.82, 2.24) is 5.16 Å². The number of H-pyrrole nitrogens is 1. The molecule has 0 aliphatic heterocycles. The van der Waals surface area contributed by atoms with E-state index in [9.17, 15) is 4.79 Å². The lowest BCUT2D eigenvalue weighted by atomic mass is 10.7. The molecule has 0 atom stereocenters. The molecule has 7 heavy (non-hydrogen) atoms. The monoisotopic (exact) mass is 119 g/mol. The Morgan fingerprint density at radius 1 is 1.86 bits per heavy atom. The van der Waals surface area contributed by atoms with Gasteiger partial charge in [0.1, 0.15) is 5.02 Å². The highest BCUT2D eigenvalue weighted by atomic mass is 35.5. The molecule has 0 aliphatic carbocycles. The van der Waals surface area contributed by atoms with Crippen molar-refractivity contribution in [2.75, 3.05) is 0 Å². The third kappa shape index (κ3) is 0.667. The Hall–Kier alpha value is -0.700. The first-order chi connectivity index (χ1) is 3.30. The van der Waals surface area contributed by atoms with Crippen LogP contribution in [-0.2, 0) is 0 Å². The van der Waals surface area contributed by atoms with Crippen LogP contribution >= 0.6 is 11.6 Å². The zero-order valence-electron chi connectivity index (χ0n) is 3.27. The van der Waals surface area contributed by atoms with E-state index in [1.807, 2.05) is 0 Å². The molecule has 1 heterocycles. The van der Waals surface area contributed by atoms with Gasteiger partial charge in [0.15, 0.2) is 0 Å². The minimum atomic E-state index is -0.526. The van der Waals surface area contributed by atoms with Crippen LogP contribution in [-0.4, -0.2) is 5.16 Å². The Kier molecular flexibility index (Phi) is 0.906. The Morgan fingerprint density at radius 2 is 2.57 bits per heavy atom. The molecule has 1 N–H and O–H groups in total. The van der Waals surface area contributed by atoms with Crippen LogP contribution in [0.4, 0.5) is 0 Å². The standard InChI is InChI=1S/C3H2ClNO2/c4-2-1-5-7-3(2)6/h1,5H. The molecular weight excluding hydrogens is 117 g/mol. The zero-order valence-corrected chi connectivity index (χ0v) is 4.03. The fraction of sp³-hybridized carbons (Fsp3) is 0. The van der Waals surface area contributed by atoms with Gasteiger partial charge in [0.2, 0.25) is 0 Å². The second kappa shape index (κ2) is 1.42. The van der Waals surface area contributed by atoms with Gasteiger partial charge in [-0.25, -0.2) is 9.95 Å². The molecule has 0 unspecified atom stereocenters. The first-order valence-electron chi connectivity index (χ1n) is 1.63. The van der Waals surface area contributed by atoms with Crippen LogP contribution < -0.4 is 5.63 Å². The molecule has 0 saturated heterocycles. The third-order valence-electron chi connectivity index (χ3n) is 0.532. The van der Waals surface area contributed by atoms with E-state index in [0.29, 0.717) is 0 Å². The Labute approximate surface area is 43.9 Å². The molecule has 0 bridgehead atoms. The maximum atomic E-state index is 10.1. The smallest absolute Gasteiger partial charge is 0.337 e. The predicted molar refractivity (Wildman–Crippen MR) is 24.3 cm³/mol. The Balaban J connectivity index is 3.39. The van der Waals surface area contributed by atoms with Crippen molar-refractivity contribution in [2.24, 2.45) is 0 Å². The lowest BCUT2D eigenvalue weighted by molar-refractivity contribution is 0.391. The summed E-state index contributed by atoms with van der Waals surface area (Å²) < 4.78 is 4.15. The third-order valence-corrected chi connectivity index (χ3v) is 0.796. The lowest BCUT2D eigenvalue weighted by Crippen LogP contribution is -1.88. The molecule has 3 nitrogen and oxygen atoms in total. The molecule has 0 radical (unpaired) electrons. The van der Waals surface area contributed by atoms with Crippen LogP contribution in [0, 0.1) is 0 Å². The van der Waals surface area contributed by atoms with Gasteiger partial charge in [-0.3, -0.25) is 0 Å². The fourth-order valence-corrected chi connectivity index (χ4v) is 0.326. The molecule has 0 aliphatic rings. The van der Waals surface area contributed by atoms with Gasteiger partial charge < -0.3 is 4.52 Å². The zero-order chi connectivity index (χ0) is 5.28. The van der Waals surface area contributed by atoms with Gasteiger partial charge in [0.25, 0.3) is 0 Å². The SMILES string of the molecule is O=c1o[nH]cc1Cl. The number of aromatic nitrogens is 1. The summed E-state index contributed by atoms with van der Waals surface area (Å²) >= 11 is 5.19. The van der Waals surface area contributed by atoms with Gasteiger partial charge in [0.05, 0.1) is 6.20 Å². The molecule has 1 rings (SSSR count). The Bertz CT molecular complexity index is 201. The van der Waals surface area contributed by atoms with Crippen LogP contribution in [0.15, 0.2) is 15.5 Å². The summed E-state index contributed by atoms with van der Waals surface area (Å²) in [7, 11) is 0. The summed E-state index contributed by atoms with van der Waals surface area (Å²) in [4.78, 5) is 10.1. The highest BCUT2D eigenvalue weighted by Crippen LogP contribution is 1.94. The van der Waals surface area contributed by atoms with Crippen LogP contribution in [0.1, 0.15) is 0 Å². The van der Waals surface area contributed by atoms with Gasteiger partial charge in [-0.15, -0.1) is 0 Å². The van der Waals surface area contributed by atoms with Gasteiger partial charge >= 0.3 is 5.63 Å². The molecule has 0 aromatic carbocycles. The molecule has 1 aromatic rings. The number of rotatable bonds is 0. The van der Waals surface area contributed by atoms with Crippen LogP contribution in [0.2, 0.25) is 5.02 Å². The van der Waals surface area contributed by atoms with Crippen molar-refractivity contribution >= 4 is 11.6 Å². The first kappa shape index (κ1) is 4.46. The molecular formula is C3H2ClNO2. The highest BCUT2D eigenvalue weighted by molar-refractivity contribution is 6.30. The highest BCUT2D eigenvalue weighted by Gasteiger charge is 1.92. The lowest BCUT2D eigenvalue weighted by Gasteiger charge is -1.57. The van der Waals surface area contributed by atoms with E-state index in [-0.39, 0.29) is 5.02 Å². The number of nitrogens with one attached hydrogen (secondary N) is 1. The van der Waals surface area contributed by atoms with Gasteiger partial charge in [-0.2, -0.15) is 0 Å². The van der Waals surface area contributed by atoms with E-state index in [4.69, 9.17) is 11.6 Å². The average Bonchev–Trinajstić information content (AvgIpc) is 1.91. The number of hydrogen-bond acceptors (Lipinski definition) is 2. The van der Waals surface area contributed by atoms with E-state index in [1.165, 1.54) is 6.20 Å². The predicted octanol–water partition coefficient (Wildman–Crippen LogP) is 0.621. The van der Waals surface area contributed by atoms with Crippen molar-refractivity contribution in [3.63, 3.8) is 0 Å². The summed E-state index contributed by atoms with van der Waals surface area (Å²) in [5.74, 6) is 0. The number of halogens is 1. The van der Waals surface area contributed by atoms with E-state index in [1.54, 1.807) is 0 Å². The average molecular weight is 120 g/mol. The number of aromatic amines is 1.